The SMILES string of the molecule is CCCCCSCC(NCC)c1cccc2ccccc12. The van der Waals surface area contributed by atoms with Crippen LogP contribution in [0.25, 0.3) is 10.8 Å². The zero-order valence-electron chi connectivity index (χ0n) is 13.3. The molecule has 1 unspecified atom stereocenters. The van der Waals surface area contributed by atoms with Crippen LogP contribution in [0.3, 0.4) is 0 Å². The minimum atomic E-state index is 0.452. The molecule has 114 valence electrons. The van der Waals surface area contributed by atoms with Gasteiger partial charge in [0.2, 0.25) is 0 Å². The van der Waals surface area contributed by atoms with E-state index in [0.29, 0.717) is 6.04 Å². The van der Waals surface area contributed by atoms with Crippen molar-refractivity contribution in [1.82, 2.24) is 5.32 Å². The molecule has 0 spiro atoms. The summed E-state index contributed by atoms with van der Waals surface area (Å²) in [5.74, 6) is 2.44. The average molecular weight is 301 g/mol. The molecular weight excluding hydrogens is 274 g/mol. The van der Waals surface area contributed by atoms with Crippen LogP contribution < -0.4 is 5.32 Å². The Morgan fingerprint density at radius 1 is 1.00 bits per heavy atom. The molecule has 0 aliphatic rings. The fourth-order valence-electron chi connectivity index (χ4n) is 2.71. The number of hydrogen-bond acceptors (Lipinski definition) is 2. The second-order valence-electron chi connectivity index (χ2n) is 5.46. The lowest BCUT2D eigenvalue weighted by Crippen LogP contribution is -2.23. The van der Waals surface area contributed by atoms with E-state index in [1.54, 1.807) is 0 Å². The summed E-state index contributed by atoms with van der Waals surface area (Å²) in [7, 11) is 0. The standard InChI is InChI=1S/C19H27NS/c1-3-5-8-14-21-15-19(20-4-2)18-13-9-11-16-10-6-7-12-17(16)18/h6-7,9-13,19-20H,3-5,8,14-15H2,1-2H3. The third-order valence-electron chi connectivity index (χ3n) is 3.83. The Balaban J connectivity index is 2.08. The predicted octanol–water partition coefficient (Wildman–Crippen LogP) is 5.41. The molecule has 0 heterocycles. The van der Waals surface area contributed by atoms with Crippen LogP contribution in [0, 0.1) is 0 Å². The highest BCUT2D eigenvalue weighted by molar-refractivity contribution is 7.99. The summed E-state index contributed by atoms with van der Waals surface area (Å²) < 4.78 is 0. The van der Waals surface area contributed by atoms with Crippen molar-refractivity contribution in [3.63, 3.8) is 0 Å². The number of nitrogens with one attached hydrogen (secondary N) is 1. The topological polar surface area (TPSA) is 12.0 Å². The molecule has 0 saturated heterocycles. The Bertz CT molecular complexity index is 533. The van der Waals surface area contributed by atoms with Crippen molar-refractivity contribution in [2.45, 2.75) is 39.2 Å². The molecule has 0 bridgehead atoms. The van der Waals surface area contributed by atoms with E-state index < -0.39 is 0 Å². The van der Waals surface area contributed by atoms with E-state index in [1.165, 1.54) is 41.4 Å². The van der Waals surface area contributed by atoms with Crippen molar-refractivity contribution >= 4 is 22.5 Å². The summed E-state index contributed by atoms with van der Waals surface area (Å²) in [6.07, 6.45) is 4.00. The van der Waals surface area contributed by atoms with Crippen LogP contribution in [-0.4, -0.2) is 18.1 Å². The Kier molecular flexibility index (Phi) is 7.11. The molecule has 1 N–H and O–H groups in total. The molecule has 0 saturated carbocycles. The third kappa shape index (κ3) is 4.76. The summed E-state index contributed by atoms with van der Waals surface area (Å²) in [6.45, 7) is 5.48. The highest BCUT2D eigenvalue weighted by Crippen LogP contribution is 2.27. The zero-order valence-corrected chi connectivity index (χ0v) is 14.1. The first-order chi connectivity index (χ1) is 10.4. The van der Waals surface area contributed by atoms with Gasteiger partial charge in [-0.3, -0.25) is 0 Å². The lowest BCUT2D eigenvalue weighted by atomic mass is 9.99. The number of thioether (sulfide) groups is 1. The van der Waals surface area contributed by atoms with Gasteiger partial charge >= 0.3 is 0 Å². The smallest absolute Gasteiger partial charge is 0.0417 e. The number of hydrogen-bond donors (Lipinski definition) is 1. The van der Waals surface area contributed by atoms with Gasteiger partial charge in [0.25, 0.3) is 0 Å². The molecule has 0 aliphatic carbocycles. The molecule has 2 heteroatoms. The fourth-order valence-corrected chi connectivity index (χ4v) is 3.82. The van der Waals surface area contributed by atoms with Gasteiger partial charge in [0.1, 0.15) is 0 Å². The molecule has 0 fully saturated rings. The van der Waals surface area contributed by atoms with Crippen LogP contribution in [0.1, 0.15) is 44.7 Å². The van der Waals surface area contributed by atoms with Gasteiger partial charge < -0.3 is 5.32 Å². The van der Waals surface area contributed by atoms with Gasteiger partial charge in [-0.05, 0) is 35.1 Å². The molecule has 21 heavy (non-hydrogen) atoms. The van der Waals surface area contributed by atoms with E-state index in [-0.39, 0.29) is 0 Å². The quantitative estimate of drug-likeness (QED) is 0.621. The Morgan fingerprint density at radius 2 is 1.81 bits per heavy atom. The third-order valence-corrected chi connectivity index (χ3v) is 4.97. The van der Waals surface area contributed by atoms with Crippen molar-refractivity contribution in [3.05, 3.63) is 48.0 Å². The maximum Gasteiger partial charge on any atom is 0.0417 e. The van der Waals surface area contributed by atoms with E-state index in [0.717, 1.165) is 12.3 Å². The molecule has 2 aromatic rings. The maximum absolute atomic E-state index is 3.66. The van der Waals surface area contributed by atoms with Crippen LogP contribution in [0.2, 0.25) is 0 Å². The second-order valence-corrected chi connectivity index (χ2v) is 6.61. The fraction of sp³-hybridized carbons (Fsp3) is 0.474. The van der Waals surface area contributed by atoms with Crippen LogP contribution in [0.15, 0.2) is 42.5 Å². The molecular formula is C19H27NS. The summed E-state index contributed by atoms with van der Waals surface area (Å²) in [5.41, 5.74) is 1.44. The van der Waals surface area contributed by atoms with Gasteiger partial charge in [-0.15, -0.1) is 0 Å². The summed E-state index contributed by atoms with van der Waals surface area (Å²) in [4.78, 5) is 0. The molecule has 2 aromatic carbocycles. The summed E-state index contributed by atoms with van der Waals surface area (Å²) >= 11 is 2.08. The first-order valence-corrected chi connectivity index (χ1v) is 9.31. The lowest BCUT2D eigenvalue weighted by molar-refractivity contribution is 0.609. The largest absolute Gasteiger partial charge is 0.309 e. The number of rotatable bonds is 9. The molecule has 0 aliphatic heterocycles. The van der Waals surface area contributed by atoms with E-state index >= 15 is 0 Å². The van der Waals surface area contributed by atoms with E-state index in [9.17, 15) is 0 Å². The molecule has 0 aromatic heterocycles. The highest BCUT2D eigenvalue weighted by Gasteiger charge is 2.13. The summed E-state index contributed by atoms with van der Waals surface area (Å²) in [5, 5.41) is 6.39. The normalized spacial score (nSPS) is 12.7. The summed E-state index contributed by atoms with van der Waals surface area (Å²) in [6, 6.07) is 15.8. The van der Waals surface area contributed by atoms with Crippen molar-refractivity contribution in [2.75, 3.05) is 18.1 Å². The van der Waals surface area contributed by atoms with Crippen LogP contribution >= 0.6 is 11.8 Å². The van der Waals surface area contributed by atoms with Crippen LogP contribution in [0.5, 0.6) is 0 Å². The van der Waals surface area contributed by atoms with Crippen molar-refractivity contribution < 1.29 is 0 Å². The lowest BCUT2D eigenvalue weighted by Gasteiger charge is -2.20. The van der Waals surface area contributed by atoms with Crippen molar-refractivity contribution in [1.29, 1.82) is 0 Å². The van der Waals surface area contributed by atoms with E-state index in [4.69, 9.17) is 0 Å². The molecule has 1 atom stereocenters. The number of fused-ring (bicyclic) bond motifs is 1. The van der Waals surface area contributed by atoms with Crippen LogP contribution in [-0.2, 0) is 0 Å². The molecule has 2 rings (SSSR count). The second kappa shape index (κ2) is 9.11. The first kappa shape index (κ1) is 16.4. The van der Waals surface area contributed by atoms with Gasteiger partial charge in [-0.1, -0.05) is 69.2 Å². The highest BCUT2D eigenvalue weighted by atomic mass is 32.2. The van der Waals surface area contributed by atoms with Gasteiger partial charge in [0, 0.05) is 11.8 Å². The van der Waals surface area contributed by atoms with Gasteiger partial charge in [-0.2, -0.15) is 11.8 Å². The van der Waals surface area contributed by atoms with E-state index in [2.05, 4.69) is 73.4 Å². The Morgan fingerprint density at radius 3 is 2.62 bits per heavy atom. The Hall–Kier alpha value is -0.990. The first-order valence-electron chi connectivity index (χ1n) is 8.15. The van der Waals surface area contributed by atoms with Gasteiger partial charge in [0.15, 0.2) is 0 Å². The molecule has 0 amide bonds. The molecule has 1 nitrogen and oxygen atoms in total. The van der Waals surface area contributed by atoms with Gasteiger partial charge in [0.05, 0.1) is 0 Å². The maximum atomic E-state index is 3.66. The Labute approximate surface area is 133 Å². The zero-order chi connectivity index (χ0) is 14.9. The number of benzene rings is 2. The van der Waals surface area contributed by atoms with Crippen molar-refractivity contribution in [3.8, 4) is 0 Å². The minimum Gasteiger partial charge on any atom is -0.309 e. The van der Waals surface area contributed by atoms with Gasteiger partial charge in [-0.25, -0.2) is 0 Å². The van der Waals surface area contributed by atoms with Crippen LogP contribution in [0.4, 0.5) is 0 Å². The van der Waals surface area contributed by atoms with Crippen molar-refractivity contribution in [2.24, 2.45) is 0 Å². The number of unbranched alkanes of at least 4 members (excludes halogenated alkanes) is 2. The minimum absolute atomic E-state index is 0.452. The van der Waals surface area contributed by atoms with E-state index in [1.807, 2.05) is 0 Å². The predicted molar refractivity (Wildman–Crippen MR) is 97.2 cm³/mol. The monoisotopic (exact) mass is 301 g/mol. The molecule has 0 radical (unpaired) electrons. The average Bonchev–Trinajstić information content (AvgIpc) is 2.53.